The van der Waals surface area contributed by atoms with Crippen molar-refractivity contribution in [3.63, 3.8) is 0 Å². The Bertz CT molecular complexity index is 449. The number of hydrogen-bond acceptors (Lipinski definition) is 5. The van der Waals surface area contributed by atoms with Crippen molar-refractivity contribution >= 4 is 10.0 Å². The van der Waals surface area contributed by atoms with E-state index in [1.165, 1.54) is 7.11 Å². The van der Waals surface area contributed by atoms with Crippen molar-refractivity contribution < 1.29 is 18.3 Å². The maximum Gasteiger partial charge on any atom is 0.244 e. The summed E-state index contributed by atoms with van der Waals surface area (Å²) in [6, 6.07) is 0. The second kappa shape index (κ2) is 5.58. The van der Waals surface area contributed by atoms with Crippen molar-refractivity contribution in [2.24, 2.45) is 0 Å². The molecule has 98 valence electrons. The van der Waals surface area contributed by atoms with E-state index in [-0.39, 0.29) is 18.0 Å². The highest BCUT2D eigenvalue weighted by Crippen LogP contribution is 2.15. The SMILES string of the molecule is COCC(O)CNS(=O)(=O)c1c(C)n[nH]c1C. The van der Waals surface area contributed by atoms with Crippen LogP contribution in [0.2, 0.25) is 0 Å². The van der Waals surface area contributed by atoms with Gasteiger partial charge in [0.2, 0.25) is 10.0 Å². The average Bonchev–Trinajstić information content (AvgIpc) is 2.57. The molecule has 1 unspecified atom stereocenters. The summed E-state index contributed by atoms with van der Waals surface area (Å²) in [4.78, 5) is 0.127. The summed E-state index contributed by atoms with van der Waals surface area (Å²) in [5, 5.41) is 15.8. The van der Waals surface area contributed by atoms with Crippen LogP contribution in [0.1, 0.15) is 11.4 Å². The average molecular weight is 263 g/mol. The standard InChI is InChI=1S/C9H17N3O4S/c1-6-9(7(2)12-11-6)17(14,15)10-4-8(13)5-16-3/h8,10,13H,4-5H2,1-3H3,(H,11,12). The summed E-state index contributed by atoms with van der Waals surface area (Å²) in [6.07, 6.45) is -0.873. The lowest BCUT2D eigenvalue weighted by Crippen LogP contribution is -2.34. The number of aliphatic hydroxyl groups is 1. The molecule has 0 saturated carbocycles. The molecule has 7 nitrogen and oxygen atoms in total. The van der Waals surface area contributed by atoms with Gasteiger partial charge in [0.25, 0.3) is 0 Å². The third kappa shape index (κ3) is 3.50. The highest BCUT2D eigenvalue weighted by molar-refractivity contribution is 7.89. The lowest BCUT2D eigenvalue weighted by atomic mass is 10.4. The predicted octanol–water partition coefficient (Wildman–Crippen LogP) is -0.688. The lowest BCUT2D eigenvalue weighted by molar-refractivity contribution is 0.0679. The molecule has 17 heavy (non-hydrogen) atoms. The molecule has 0 fully saturated rings. The van der Waals surface area contributed by atoms with Gasteiger partial charge in [0.05, 0.1) is 24.1 Å². The van der Waals surface area contributed by atoms with Crippen LogP contribution in [0.25, 0.3) is 0 Å². The molecule has 0 spiro atoms. The van der Waals surface area contributed by atoms with Gasteiger partial charge in [-0.3, -0.25) is 5.10 Å². The Morgan fingerprint density at radius 3 is 2.65 bits per heavy atom. The first kappa shape index (κ1) is 14.1. The van der Waals surface area contributed by atoms with Gasteiger partial charge in [-0.15, -0.1) is 0 Å². The summed E-state index contributed by atoms with van der Waals surface area (Å²) >= 11 is 0. The van der Waals surface area contributed by atoms with Gasteiger partial charge in [-0.25, -0.2) is 13.1 Å². The van der Waals surface area contributed by atoms with Crippen LogP contribution in [0.15, 0.2) is 4.90 Å². The summed E-state index contributed by atoms with van der Waals surface area (Å²) in [5.74, 6) is 0. The first-order valence-corrected chi connectivity index (χ1v) is 6.55. The summed E-state index contributed by atoms with van der Waals surface area (Å²) < 4.78 is 30.9. The van der Waals surface area contributed by atoms with Crippen molar-refractivity contribution in [2.45, 2.75) is 24.8 Å². The van der Waals surface area contributed by atoms with E-state index < -0.39 is 16.1 Å². The molecule has 8 heteroatoms. The number of H-pyrrole nitrogens is 1. The maximum atomic E-state index is 11.9. The number of methoxy groups -OCH3 is 1. The Balaban J connectivity index is 2.76. The van der Waals surface area contributed by atoms with Gasteiger partial charge in [-0.2, -0.15) is 5.10 Å². The fourth-order valence-electron chi connectivity index (χ4n) is 1.47. The second-order valence-corrected chi connectivity index (χ2v) is 5.43. The molecule has 0 radical (unpaired) electrons. The van der Waals surface area contributed by atoms with E-state index >= 15 is 0 Å². The molecule has 0 aliphatic rings. The Morgan fingerprint density at radius 1 is 1.53 bits per heavy atom. The number of nitrogens with zero attached hydrogens (tertiary/aromatic N) is 1. The molecule has 1 aromatic rings. The third-order valence-electron chi connectivity index (χ3n) is 2.20. The summed E-state index contributed by atoms with van der Waals surface area (Å²) in [7, 11) is -2.22. The Labute approximate surface area is 100 Å². The van der Waals surface area contributed by atoms with Crippen LogP contribution in [0.4, 0.5) is 0 Å². The molecule has 0 bridgehead atoms. The van der Waals surface area contributed by atoms with Crippen LogP contribution in [-0.4, -0.2) is 50.1 Å². The fraction of sp³-hybridized carbons (Fsp3) is 0.667. The molecule has 0 aromatic carbocycles. The van der Waals surface area contributed by atoms with Crippen molar-refractivity contribution in [2.75, 3.05) is 20.3 Å². The Kier molecular flexibility index (Phi) is 4.63. The normalized spacial score (nSPS) is 13.9. The number of sulfonamides is 1. The predicted molar refractivity (Wildman–Crippen MR) is 61.1 cm³/mol. The van der Waals surface area contributed by atoms with Gasteiger partial charge < -0.3 is 9.84 Å². The number of aryl methyl sites for hydroxylation is 2. The Hall–Kier alpha value is -0.960. The number of ether oxygens (including phenoxy) is 1. The largest absolute Gasteiger partial charge is 0.389 e. The first-order chi connectivity index (χ1) is 7.88. The molecule has 0 aliphatic heterocycles. The zero-order valence-electron chi connectivity index (χ0n) is 10.0. The van der Waals surface area contributed by atoms with Crippen LogP contribution in [0.5, 0.6) is 0 Å². The highest BCUT2D eigenvalue weighted by atomic mass is 32.2. The van der Waals surface area contributed by atoms with E-state index in [2.05, 4.69) is 14.9 Å². The molecule has 0 amide bonds. The summed E-state index contributed by atoms with van der Waals surface area (Å²) in [6.45, 7) is 3.20. The van der Waals surface area contributed by atoms with E-state index in [1.54, 1.807) is 13.8 Å². The number of aliphatic hydroxyl groups excluding tert-OH is 1. The number of nitrogens with one attached hydrogen (secondary N) is 2. The van der Waals surface area contributed by atoms with Gasteiger partial charge in [-0.1, -0.05) is 0 Å². The molecule has 0 aliphatic carbocycles. The minimum Gasteiger partial charge on any atom is -0.389 e. The zero-order chi connectivity index (χ0) is 13.1. The van der Waals surface area contributed by atoms with Crippen LogP contribution < -0.4 is 4.72 Å². The van der Waals surface area contributed by atoms with Crippen LogP contribution >= 0.6 is 0 Å². The number of hydrogen-bond donors (Lipinski definition) is 3. The molecule has 1 heterocycles. The molecule has 1 rings (SSSR count). The van der Waals surface area contributed by atoms with E-state index in [0.717, 1.165) is 0 Å². The summed E-state index contributed by atoms with van der Waals surface area (Å²) in [5.41, 5.74) is 0.868. The molecule has 1 atom stereocenters. The van der Waals surface area contributed by atoms with Crippen LogP contribution in [-0.2, 0) is 14.8 Å². The second-order valence-electron chi connectivity index (χ2n) is 3.72. The van der Waals surface area contributed by atoms with Crippen LogP contribution in [0.3, 0.4) is 0 Å². The van der Waals surface area contributed by atoms with Crippen molar-refractivity contribution in [3.8, 4) is 0 Å². The number of rotatable bonds is 6. The van der Waals surface area contributed by atoms with Gasteiger partial charge >= 0.3 is 0 Å². The van der Waals surface area contributed by atoms with Crippen molar-refractivity contribution in [1.29, 1.82) is 0 Å². The molecular formula is C9H17N3O4S. The van der Waals surface area contributed by atoms with Crippen molar-refractivity contribution in [3.05, 3.63) is 11.4 Å². The third-order valence-corrected chi connectivity index (χ3v) is 3.88. The highest BCUT2D eigenvalue weighted by Gasteiger charge is 2.22. The zero-order valence-corrected chi connectivity index (χ0v) is 10.8. The lowest BCUT2D eigenvalue weighted by Gasteiger charge is -2.11. The van der Waals surface area contributed by atoms with Crippen LogP contribution in [0, 0.1) is 13.8 Å². The Morgan fingerprint density at radius 2 is 2.18 bits per heavy atom. The molecule has 0 saturated heterocycles. The van der Waals surface area contributed by atoms with E-state index in [4.69, 9.17) is 4.74 Å². The molecular weight excluding hydrogens is 246 g/mol. The molecule has 3 N–H and O–H groups in total. The van der Waals surface area contributed by atoms with E-state index in [0.29, 0.717) is 11.4 Å². The monoisotopic (exact) mass is 263 g/mol. The number of aromatic nitrogens is 2. The van der Waals surface area contributed by atoms with Gasteiger partial charge in [0, 0.05) is 13.7 Å². The smallest absolute Gasteiger partial charge is 0.244 e. The molecule has 1 aromatic heterocycles. The quantitative estimate of drug-likeness (QED) is 0.630. The van der Waals surface area contributed by atoms with Gasteiger partial charge in [-0.05, 0) is 13.8 Å². The first-order valence-electron chi connectivity index (χ1n) is 5.06. The fourth-order valence-corrected chi connectivity index (χ4v) is 2.91. The van der Waals surface area contributed by atoms with E-state index in [1.807, 2.05) is 0 Å². The topological polar surface area (TPSA) is 104 Å². The van der Waals surface area contributed by atoms with Crippen molar-refractivity contribution in [1.82, 2.24) is 14.9 Å². The van der Waals surface area contributed by atoms with Gasteiger partial charge in [0.1, 0.15) is 4.90 Å². The van der Waals surface area contributed by atoms with E-state index in [9.17, 15) is 13.5 Å². The maximum absolute atomic E-state index is 11.9. The van der Waals surface area contributed by atoms with Gasteiger partial charge in [0.15, 0.2) is 0 Å². The minimum atomic E-state index is -3.65. The minimum absolute atomic E-state index is 0.0753. The number of aromatic amines is 1.